The van der Waals surface area contributed by atoms with Gasteiger partial charge in [-0.2, -0.15) is 0 Å². The summed E-state index contributed by atoms with van der Waals surface area (Å²) in [5, 5.41) is 8.93. The molecular weight excluding hydrogens is 264 g/mol. The third-order valence-corrected chi connectivity index (χ3v) is 4.01. The normalized spacial score (nSPS) is 13.8. The van der Waals surface area contributed by atoms with Crippen molar-refractivity contribution in [1.82, 2.24) is 4.72 Å². The van der Waals surface area contributed by atoms with Gasteiger partial charge >= 0.3 is 0 Å². The Labute approximate surface area is 105 Å². The zero-order valence-electron chi connectivity index (χ0n) is 9.81. The van der Waals surface area contributed by atoms with Gasteiger partial charge in [-0.05, 0) is 18.6 Å². The predicted molar refractivity (Wildman–Crippen MR) is 62.9 cm³/mol. The molecule has 18 heavy (non-hydrogen) atoms. The second kappa shape index (κ2) is 6.21. The van der Waals surface area contributed by atoms with E-state index in [1.54, 1.807) is 6.92 Å². The summed E-state index contributed by atoms with van der Waals surface area (Å²) in [6.45, 7) is 1.41. The molecule has 0 bridgehead atoms. The molecular formula is C11H15F2NO3S. The average Bonchev–Trinajstić information content (AvgIpc) is 2.36. The number of rotatable bonds is 6. The van der Waals surface area contributed by atoms with E-state index in [1.165, 1.54) is 0 Å². The van der Waals surface area contributed by atoms with Gasteiger partial charge in [-0.25, -0.2) is 21.9 Å². The quantitative estimate of drug-likeness (QED) is 0.832. The molecule has 0 fully saturated rings. The molecule has 1 aromatic carbocycles. The van der Waals surface area contributed by atoms with E-state index >= 15 is 0 Å². The Hall–Kier alpha value is -1.05. The molecule has 0 saturated heterocycles. The molecule has 0 spiro atoms. The Kier molecular flexibility index (Phi) is 5.18. The number of benzene rings is 1. The zero-order valence-corrected chi connectivity index (χ0v) is 10.6. The fourth-order valence-corrected chi connectivity index (χ4v) is 2.64. The number of hydrogen-bond acceptors (Lipinski definition) is 3. The van der Waals surface area contributed by atoms with Crippen molar-refractivity contribution in [3.05, 3.63) is 29.8 Å². The first kappa shape index (κ1) is 15.0. The Morgan fingerprint density at radius 2 is 1.83 bits per heavy atom. The maximum atomic E-state index is 12.3. The fraction of sp³-hybridized carbons (Fsp3) is 0.455. The highest BCUT2D eigenvalue weighted by Crippen LogP contribution is 2.20. The van der Waals surface area contributed by atoms with Gasteiger partial charge in [-0.3, -0.25) is 0 Å². The van der Waals surface area contributed by atoms with Gasteiger partial charge in [0.25, 0.3) is 6.43 Å². The van der Waals surface area contributed by atoms with Gasteiger partial charge in [0.05, 0.1) is 11.5 Å². The van der Waals surface area contributed by atoms with Gasteiger partial charge < -0.3 is 5.11 Å². The number of aliphatic hydroxyl groups excluding tert-OH is 1. The number of sulfonamides is 1. The lowest BCUT2D eigenvalue weighted by Crippen LogP contribution is -2.36. The maximum Gasteiger partial charge on any atom is 0.263 e. The molecule has 0 aliphatic carbocycles. The van der Waals surface area contributed by atoms with Crippen LogP contribution in [0.15, 0.2) is 29.2 Å². The molecule has 1 atom stereocenters. The van der Waals surface area contributed by atoms with E-state index in [0.717, 1.165) is 24.3 Å². The molecule has 1 unspecified atom stereocenters. The monoisotopic (exact) mass is 279 g/mol. The van der Waals surface area contributed by atoms with E-state index in [-0.39, 0.29) is 17.1 Å². The Balaban J connectivity index is 2.91. The summed E-state index contributed by atoms with van der Waals surface area (Å²) in [5.74, 6) is 0. The SMILES string of the molecule is CCC(CO)NS(=O)(=O)c1ccc(C(F)F)cc1. The van der Waals surface area contributed by atoms with Crippen molar-refractivity contribution in [2.75, 3.05) is 6.61 Å². The standard InChI is InChI=1S/C11H15F2NO3S/c1-2-9(7-15)14-18(16,17)10-5-3-8(4-6-10)11(12)13/h3-6,9,11,14-15H,2,7H2,1H3. The number of hydrogen-bond donors (Lipinski definition) is 2. The van der Waals surface area contributed by atoms with Gasteiger partial charge in [-0.15, -0.1) is 0 Å². The van der Waals surface area contributed by atoms with Crippen molar-refractivity contribution in [2.24, 2.45) is 0 Å². The van der Waals surface area contributed by atoms with Gasteiger partial charge in [-0.1, -0.05) is 19.1 Å². The summed E-state index contributed by atoms with van der Waals surface area (Å²) in [4.78, 5) is -0.0983. The van der Waals surface area contributed by atoms with E-state index in [4.69, 9.17) is 5.11 Å². The third kappa shape index (κ3) is 3.72. The van der Waals surface area contributed by atoms with Gasteiger partial charge in [0.1, 0.15) is 0 Å². The van der Waals surface area contributed by atoms with E-state index in [2.05, 4.69) is 4.72 Å². The van der Waals surface area contributed by atoms with Crippen LogP contribution in [0.25, 0.3) is 0 Å². The number of halogens is 2. The van der Waals surface area contributed by atoms with Gasteiger partial charge in [0, 0.05) is 11.6 Å². The molecule has 1 rings (SSSR count). The molecule has 0 aliphatic rings. The summed E-state index contributed by atoms with van der Waals surface area (Å²) in [7, 11) is -3.78. The third-order valence-electron chi connectivity index (χ3n) is 2.48. The molecule has 1 aromatic rings. The highest BCUT2D eigenvalue weighted by molar-refractivity contribution is 7.89. The first-order valence-corrected chi connectivity index (χ1v) is 6.90. The molecule has 4 nitrogen and oxygen atoms in total. The molecule has 0 aromatic heterocycles. The van der Waals surface area contributed by atoms with Gasteiger partial charge in [0.15, 0.2) is 0 Å². The molecule has 102 valence electrons. The topological polar surface area (TPSA) is 66.4 Å². The molecule has 0 radical (unpaired) electrons. The Bertz CT molecular complexity index is 470. The lowest BCUT2D eigenvalue weighted by molar-refractivity contribution is 0.151. The summed E-state index contributed by atoms with van der Waals surface area (Å²) in [6.07, 6.45) is -2.19. The smallest absolute Gasteiger partial charge is 0.263 e. The van der Waals surface area contributed by atoms with E-state index in [9.17, 15) is 17.2 Å². The van der Waals surface area contributed by atoms with Crippen LogP contribution >= 0.6 is 0 Å². The Morgan fingerprint density at radius 3 is 2.22 bits per heavy atom. The van der Waals surface area contributed by atoms with E-state index in [0.29, 0.717) is 6.42 Å². The minimum Gasteiger partial charge on any atom is -0.395 e. The lowest BCUT2D eigenvalue weighted by Gasteiger charge is -2.14. The first-order chi connectivity index (χ1) is 8.40. The van der Waals surface area contributed by atoms with Crippen molar-refractivity contribution in [2.45, 2.75) is 30.7 Å². The second-order valence-electron chi connectivity index (χ2n) is 3.78. The van der Waals surface area contributed by atoms with E-state index < -0.39 is 22.5 Å². The predicted octanol–water partition coefficient (Wildman–Crippen LogP) is 1.67. The molecule has 0 heterocycles. The molecule has 2 N–H and O–H groups in total. The van der Waals surface area contributed by atoms with Crippen molar-refractivity contribution < 1.29 is 22.3 Å². The van der Waals surface area contributed by atoms with Crippen LogP contribution in [0.5, 0.6) is 0 Å². The summed E-state index contributed by atoms with van der Waals surface area (Å²) >= 11 is 0. The largest absolute Gasteiger partial charge is 0.395 e. The minimum absolute atomic E-state index is 0.0983. The van der Waals surface area contributed by atoms with Crippen LogP contribution in [-0.2, 0) is 10.0 Å². The minimum atomic E-state index is -3.78. The van der Waals surface area contributed by atoms with E-state index in [1.807, 2.05) is 0 Å². The van der Waals surface area contributed by atoms with Crippen LogP contribution in [0, 0.1) is 0 Å². The molecule has 0 saturated carbocycles. The molecule has 0 aliphatic heterocycles. The van der Waals surface area contributed by atoms with Crippen molar-refractivity contribution in [1.29, 1.82) is 0 Å². The summed E-state index contributed by atoms with van der Waals surface area (Å²) in [6, 6.07) is 3.80. The van der Waals surface area contributed by atoms with Crippen LogP contribution in [0.4, 0.5) is 8.78 Å². The fourth-order valence-electron chi connectivity index (χ4n) is 1.33. The highest BCUT2D eigenvalue weighted by Gasteiger charge is 2.19. The highest BCUT2D eigenvalue weighted by atomic mass is 32.2. The van der Waals surface area contributed by atoms with Crippen LogP contribution in [0.3, 0.4) is 0 Å². The first-order valence-electron chi connectivity index (χ1n) is 5.42. The van der Waals surface area contributed by atoms with Crippen molar-refractivity contribution >= 4 is 10.0 Å². The van der Waals surface area contributed by atoms with Crippen LogP contribution in [-0.4, -0.2) is 26.2 Å². The summed E-state index contributed by atoms with van der Waals surface area (Å²) in [5.41, 5.74) is -0.233. The van der Waals surface area contributed by atoms with Gasteiger partial charge in [0.2, 0.25) is 10.0 Å². The van der Waals surface area contributed by atoms with Crippen LogP contribution in [0.2, 0.25) is 0 Å². The van der Waals surface area contributed by atoms with Crippen LogP contribution < -0.4 is 4.72 Å². The second-order valence-corrected chi connectivity index (χ2v) is 5.49. The average molecular weight is 279 g/mol. The molecule has 7 heteroatoms. The maximum absolute atomic E-state index is 12.3. The van der Waals surface area contributed by atoms with Crippen molar-refractivity contribution in [3.8, 4) is 0 Å². The lowest BCUT2D eigenvalue weighted by atomic mass is 10.2. The van der Waals surface area contributed by atoms with Crippen molar-refractivity contribution in [3.63, 3.8) is 0 Å². The number of aliphatic hydroxyl groups is 1. The summed E-state index contributed by atoms with van der Waals surface area (Å²) < 4.78 is 50.6. The number of nitrogens with one attached hydrogen (secondary N) is 1. The van der Waals surface area contributed by atoms with Crippen LogP contribution in [0.1, 0.15) is 25.3 Å². The Morgan fingerprint density at radius 1 is 1.28 bits per heavy atom. The number of alkyl halides is 2. The zero-order chi connectivity index (χ0) is 13.8. The molecule has 0 amide bonds.